The Hall–Kier alpha value is -1.57. The fraction of sp³-hybridized carbons (Fsp3) is 0.308. The Morgan fingerprint density at radius 1 is 1.47 bits per heavy atom. The number of aliphatic carboxylic acids is 1. The Bertz CT molecular complexity index is 446. The van der Waals surface area contributed by atoms with Crippen molar-refractivity contribution in [2.75, 3.05) is 0 Å². The van der Waals surface area contributed by atoms with E-state index >= 15 is 0 Å². The van der Waals surface area contributed by atoms with Gasteiger partial charge in [-0.3, -0.25) is 4.79 Å². The van der Waals surface area contributed by atoms with E-state index < -0.39 is 11.4 Å². The number of hydrogen-bond donors (Lipinski definition) is 1. The van der Waals surface area contributed by atoms with Crippen LogP contribution >= 0.6 is 0 Å². The average molecular weight is 202 g/mol. The lowest BCUT2D eigenvalue weighted by molar-refractivity contribution is -0.143. The van der Waals surface area contributed by atoms with E-state index in [4.69, 9.17) is 0 Å². The van der Waals surface area contributed by atoms with Crippen LogP contribution in [-0.4, -0.2) is 11.1 Å². The molecule has 1 unspecified atom stereocenters. The molecule has 1 atom stereocenters. The first-order valence-corrected chi connectivity index (χ1v) is 5.06. The summed E-state index contributed by atoms with van der Waals surface area (Å²) in [6.07, 6.45) is 4.52. The number of carboxylic acids is 1. The van der Waals surface area contributed by atoms with Crippen LogP contribution in [0.25, 0.3) is 6.08 Å². The third-order valence-electron chi connectivity index (χ3n) is 3.15. The summed E-state index contributed by atoms with van der Waals surface area (Å²) in [4.78, 5) is 11.4. The SMILES string of the molecule is Cc1cccc2c1C(C)(C(=O)O)CC=C2. The van der Waals surface area contributed by atoms with Crippen molar-refractivity contribution in [3.05, 3.63) is 41.0 Å². The van der Waals surface area contributed by atoms with Crippen LogP contribution in [0.1, 0.15) is 30.0 Å². The summed E-state index contributed by atoms with van der Waals surface area (Å²) in [5.74, 6) is -0.748. The Balaban J connectivity index is 2.70. The Morgan fingerprint density at radius 3 is 2.87 bits per heavy atom. The largest absolute Gasteiger partial charge is 0.481 e. The molecule has 1 N–H and O–H groups in total. The Labute approximate surface area is 89.2 Å². The first kappa shape index (κ1) is 9.97. The maximum Gasteiger partial charge on any atom is 0.314 e. The highest BCUT2D eigenvalue weighted by Gasteiger charge is 2.38. The number of rotatable bonds is 1. The number of hydrogen-bond acceptors (Lipinski definition) is 1. The van der Waals surface area contributed by atoms with Gasteiger partial charge in [-0.05, 0) is 37.0 Å². The third-order valence-corrected chi connectivity index (χ3v) is 3.15. The number of fused-ring (bicyclic) bond motifs is 1. The van der Waals surface area contributed by atoms with Crippen molar-refractivity contribution in [3.63, 3.8) is 0 Å². The molecular weight excluding hydrogens is 188 g/mol. The van der Waals surface area contributed by atoms with Crippen molar-refractivity contribution in [3.8, 4) is 0 Å². The predicted molar refractivity (Wildman–Crippen MR) is 59.8 cm³/mol. The zero-order chi connectivity index (χ0) is 11.1. The Morgan fingerprint density at radius 2 is 2.20 bits per heavy atom. The lowest BCUT2D eigenvalue weighted by Crippen LogP contribution is -2.34. The number of benzene rings is 1. The van der Waals surface area contributed by atoms with E-state index in [-0.39, 0.29) is 0 Å². The van der Waals surface area contributed by atoms with Crippen LogP contribution in [0.15, 0.2) is 24.3 Å². The molecular formula is C13H14O2. The molecule has 2 rings (SSSR count). The van der Waals surface area contributed by atoms with Crippen molar-refractivity contribution in [1.82, 2.24) is 0 Å². The van der Waals surface area contributed by atoms with Gasteiger partial charge in [0.1, 0.15) is 0 Å². The van der Waals surface area contributed by atoms with Crippen LogP contribution in [-0.2, 0) is 10.2 Å². The van der Waals surface area contributed by atoms with Crippen molar-refractivity contribution >= 4 is 12.0 Å². The van der Waals surface area contributed by atoms with Gasteiger partial charge in [0.15, 0.2) is 0 Å². The van der Waals surface area contributed by atoms with Crippen molar-refractivity contribution in [1.29, 1.82) is 0 Å². The molecule has 0 fully saturated rings. The topological polar surface area (TPSA) is 37.3 Å². The second-order valence-corrected chi connectivity index (χ2v) is 4.28. The zero-order valence-corrected chi connectivity index (χ0v) is 8.95. The van der Waals surface area contributed by atoms with Gasteiger partial charge in [-0.25, -0.2) is 0 Å². The smallest absolute Gasteiger partial charge is 0.314 e. The summed E-state index contributed by atoms with van der Waals surface area (Å²) in [6, 6.07) is 5.91. The molecule has 0 saturated carbocycles. The van der Waals surface area contributed by atoms with E-state index in [1.165, 1.54) is 0 Å². The maximum atomic E-state index is 11.4. The number of aryl methyl sites for hydroxylation is 1. The van der Waals surface area contributed by atoms with Gasteiger partial charge in [0.2, 0.25) is 0 Å². The predicted octanol–water partition coefficient (Wildman–Crippen LogP) is 2.75. The molecule has 0 radical (unpaired) electrons. The normalized spacial score (nSPS) is 23.6. The van der Waals surface area contributed by atoms with Crippen LogP contribution in [0.4, 0.5) is 0 Å². The Kier molecular flexibility index (Phi) is 2.14. The van der Waals surface area contributed by atoms with Crippen molar-refractivity contribution < 1.29 is 9.90 Å². The van der Waals surface area contributed by atoms with E-state index in [1.54, 1.807) is 6.92 Å². The second-order valence-electron chi connectivity index (χ2n) is 4.28. The molecule has 0 aromatic heterocycles. The quantitative estimate of drug-likeness (QED) is 0.760. The van der Waals surface area contributed by atoms with E-state index in [0.717, 1.165) is 16.7 Å². The molecule has 0 saturated heterocycles. The first-order valence-electron chi connectivity index (χ1n) is 5.06. The first-order chi connectivity index (χ1) is 7.05. The summed E-state index contributed by atoms with van der Waals surface area (Å²) in [6.45, 7) is 3.77. The van der Waals surface area contributed by atoms with Crippen LogP contribution in [0.2, 0.25) is 0 Å². The minimum atomic E-state index is -0.768. The number of carboxylic acid groups (broad SMARTS) is 1. The standard InChI is InChI=1S/C13H14O2/c1-9-5-3-6-10-7-4-8-13(2,11(9)10)12(14)15/h3-7H,8H2,1-2H3,(H,14,15). The van der Waals surface area contributed by atoms with E-state index in [2.05, 4.69) is 0 Å². The molecule has 0 heterocycles. The van der Waals surface area contributed by atoms with E-state index in [9.17, 15) is 9.90 Å². The number of allylic oxidation sites excluding steroid dienone is 1. The zero-order valence-electron chi connectivity index (χ0n) is 8.95. The van der Waals surface area contributed by atoms with Crippen LogP contribution in [0.3, 0.4) is 0 Å². The summed E-state index contributed by atoms with van der Waals surface area (Å²) < 4.78 is 0. The molecule has 2 nitrogen and oxygen atoms in total. The molecule has 15 heavy (non-hydrogen) atoms. The summed E-state index contributed by atoms with van der Waals surface area (Å²) in [5, 5.41) is 9.33. The maximum absolute atomic E-state index is 11.4. The molecule has 0 aliphatic heterocycles. The van der Waals surface area contributed by atoms with Gasteiger partial charge >= 0.3 is 5.97 Å². The van der Waals surface area contributed by atoms with Crippen LogP contribution in [0, 0.1) is 6.92 Å². The fourth-order valence-corrected chi connectivity index (χ4v) is 2.30. The summed E-state index contributed by atoms with van der Waals surface area (Å²) in [7, 11) is 0. The molecule has 78 valence electrons. The second kappa shape index (κ2) is 3.23. The van der Waals surface area contributed by atoms with Gasteiger partial charge in [-0.15, -0.1) is 0 Å². The molecule has 1 aromatic rings. The van der Waals surface area contributed by atoms with Crippen molar-refractivity contribution in [2.45, 2.75) is 25.7 Å². The molecule has 0 amide bonds. The van der Waals surface area contributed by atoms with Gasteiger partial charge in [-0.2, -0.15) is 0 Å². The summed E-state index contributed by atoms with van der Waals surface area (Å²) >= 11 is 0. The molecule has 1 aliphatic carbocycles. The molecule has 1 aliphatic rings. The van der Waals surface area contributed by atoms with E-state index in [1.807, 2.05) is 37.3 Å². The number of carbonyl (C=O) groups is 1. The highest BCUT2D eigenvalue weighted by atomic mass is 16.4. The van der Waals surface area contributed by atoms with Crippen molar-refractivity contribution in [2.24, 2.45) is 0 Å². The minimum Gasteiger partial charge on any atom is -0.481 e. The lowest BCUT2D eigenvalue weighted by Gasteiger charge is -2.30. The van der Waals surface area contributed by atoms with Gasteiger partial charge in [0.25, 0.3) is 0 Å². The van der Waals surface area contributed by atoms with Crippen LogP contribution in [0.5, 0.6) is 0 Å². The fourth-order valence-electron chi connectivity index (χ4n) is 2.30. The lowest BCUT2D eigenvalue weighted by atomic mass is 9.72. The molecule has 0 spiro atoms. The van der Waals surface area contributed by atoms with Gasteiger partial charge in [0.05, 0.1) is 5.41 Å². The molecule has 0 bridgehead atoms. The monoisotopic (exact) mass is 202 g/mol. The summed E-state index contributed by atoms with van der Waals surface area (Å²) in [5.41, 5.74) is 2.28. The van der Waals surface area contributed by atoms with Gasteiger partial charge < -0.3 is 5.11 Å². The minimum absolute atomic E-state index is 0.570. The van der Waals surface area contributed by atoms with Gasteiger partial charge in [0, 0.05) is 0 Å². The highest BCUT2D eigenvalue weighted by molar-refractivity contribution is 5.85. The molecule has 2 heteroatoms. The molecule has 1 aromatic carbocycles. The third kappa shape index (κ3) is 1.37. The average Bonchev–Trinajstić information content (AvgIpc) is 2.17. The van der Waals surface area contributed by atoms with E-state index in [0.29, 0.717) is 6.42 Å². The van der Waals surface area contributed by atoms with Crippen LogP contribution < -0.4 is 0 Å². The van der Waals surface area contributed by atoms with Gasteiger partial charge in [-0.1, -0.05) is 30.4 Å². The highest BCUT2D eigenvalue weighted by Crippen LogP contribution is 2.37.